The zero-order valence-corrected chi connectivity index (χ0v) is 16.7. The van der Waals surface area contributed by atoms with Crippen molar-refractivity contribution in [3.63, 3.8) is 0 Å². The fourth-order valence-corrected chi connectivity index (χ4v) is 3.83. The molecule has 1 amide bonds. The van der Waals surface area contributed by atoms with Gasteiger partial charge in [-0.25, -0.2) is 9.97 Å². The van der Waals surface area contributed by atoms with E-state index in [4.69, 9.17) is 4.52 Å². The standard InChI is InChI=1S/C23H24N4O2/c1-16-23(17(2)29-26-16)21-13-20(24-15-25-21)12-19-10-11-27(14-19)22(28)9-8-18-6-4-3-5-7-18/h3-9,13,15,19H,10-12,14H2,1-2H3/b9-8+. The van der Waals surface area contributed by atoms with Crippen LogP contribution in [0.1, 0.15) is 29.1 Å². The van der Waals surface area contributed by atoms with E-state index < -0.39 is 0 Å². The third-order valence-corrected chi connectivity index (χ3v) is 5.33. The molecule has 0 radical (unpaired) electrons. The highest BCUT2D eigenvalue weighted by Crippen LogP contribution is 2.26. The number of nitrogens with zero attached hydrogens (tertiary/aromatic N) is 4. The van der Waals surface area contributed by atoms with E-state index >= 15 is 0 Å². The molecule has 1 aliphatic rings. The highest BCUT2D eigenvalue weighted by Gasteiger charge is 2.26. The first-order chi connectivity index (χ1) is 14.1. The average Bonchev–Trinajstić information content (AvgIpc) is 3.33. The summed E-state index contributed by atoms with van der Waals surface area (Å²) < 4.78 is 5.26. The quantitative estimate of drug-likeness (QED) is 0.621. The van der Waals surface area contributed by atoms with Crippen LogP contribution in [0, 0.1) is 19.8 Å². The van der Waals surface area contributed by atoms with Crippen LogP contribution in [-0.4, -0.2) is 39.0 Å². The minimum atomic E-state index is 0.0652. The Bertz CT molecular complexity index is 1010. The fraction of sp³-hybridized carbons (Fsp3) is 0.304. The van der Waals surface area contributed by atoms with Gasteiger partial charge in [0.25, 0.3) is 0 Å². The van der Waals surface area contributed by atoms with E-state index in [1.165, 1.54) is 0 Å². The number of hydrogen-bond acceptors (Lipinski definition) is 5. The molecule has 0 spiro atoms. The summed E-state index contributed by atoms with van der Waals surface area (Å²) in [7, 11) is 0. The van der Waals surface area contributed by atoms with Crippen molar-refractivity contribution in [1.82, 2.24) is 20.0 Å². The average molecular weight is 388 g/mol. The maximum absolute atomic E-state index is 12.5. The molecule has 3 heterocycles. The van der Waals surface area contributed by atoms with Crippen LogP contribution in [0.15, 0.2) is 53.3 Å². The van der Waals surface area contributed by atoms with Gasteiger partial charge in [0.2, 0.25) is 5.91 Å². The van der Waals surface area contributed by atoms with Gasteiger partial charge in [-0.15, -0.1) is 0 Å². The Kier molecular flexibility index (Phi) is 5.51. The molecular weight excluding hydrogens is 364 g/mol. The van der Waals surface area contributed by atoms with Gasteiger partial charge in [-0.1, -0.05) is 35.5 Å². The molecule has 1 atom stereocenters. The smallest absolute Gasteiger partial charge is 0.246 e. The second-order valence-electron chi connectivity index (χ2n) is 7.48. The zero-order chi connectivity index (χ0) is 20.2. The number of carbonyl (C=O) groups excluding carboxylic acids is 1. The van der Waals surface area contributed by atoms with Crippen molar-refractivity contribution in [2.75, 3.05) is 13.1 Å². The molecule has 6 heteroatoms. The first-order valence-corrected chi connectivity index (χ1v) is 9.86. The van der Waals surface area contributed by atoms with Gasteiger partial charge in [0, 0.05) is 24.9 Å². The Morgan fingerprint density at radius 3 is 2.83 bits per heavy atom. The molecule has 2 aromatic heterocycles. The molecule has 0 saturated carbocycles. The third-order valence-electron chi connectivity index (χ3n) is 5.33. The fourth-order valence-electron chi connectivity index (χ4n) is 3.83. The van der Waals surface area contributed by atoms with Crippen LogP contribution in [0.25, 0.3) is 17.3 Å². The molecule has 4 rings (SSSR count). The van der Waals surface area contributed by atoms with Gasteiger partial charge in [-0.3, -0.25) is 4.79 Å². The second kappa shape index (κ2) is 8.39. The zero-order valence-electron chi connectivity index (χ0n) is 16.7. The van der Waals surface area contributed by atoms with Gasteiger partial charge >= 0.3 is 0 Å². The van der Waals surface area contributed by atoms with Crippen LogP contribution in [0.3, 0.4) is 0 Å². The first-order valence-electron chi connectivity index (χ1n) is 9.86. The van der Waals surface area contributed by atoms with E-state index in [2.05, 4.69) is 15.1 Å². The molecule has 0 bridgehead atoms. The maximum atomic E-state index is 12.5. The van der Waals surface area contributed by atoms with Crippen LogP contribution < -0.4 is 0 Å². The molecule has 1 aliphatic heterocycles. The van der Waals surface area contributed by atoms with Gasteiger partial charge in [-0.05, 0) is 50.3 Å². The Morgan fingerprint density at radius 1 is 1.24 bits per heavy atom. The predicted molar refractivity (Wildman–Crippen MR) is 111 cm³/mol. The highest BCUT2D eigenvalue weighted by molar-refractivity contribution is 5.91. The van der Waals surface area contributed by atoms with Gasteiger partial charge in [-0.2, -0.15) is 0 Å². The summed E-state index contributed by atoms with van der Waals surface area (Å²) in [5, 5.41) is 4.01. The molecular formula is C23H24N4O2. The van der Waals surface area contributed by atoms with Crippen LogP contribution in [-0.2, 0) is 11.2 Å². The SMILES string of the molecule is Cc1noc(C)c1-c1cc(CC2CCN(C(=O)/C=C/c3ccccc3)C2)ncn1. The number of likely N-dealkylation sites (tertiary alicyclic amines) is 1. The topological polar surface area (TPSA) is 72.1 Å². The summed E-state index contributed by atoms with van der Waals surface area (Å²) in [6.45, 7) is 5.34. The van der Waals surface area contributed by atoms with Gasteiger partial charge in [0.05, 0.1) is 17.0 Å². The van der Waals surface area contributed by atoms with Gasteiger partial charge in [0.15, 0.2) is 0 Å². The third kappa shape index (κ3) is 4.42. The Labute approximate surface area is 170 Å². The minimum absolute atomic E-state index is 0.0652. The summed E-state index contributed by atoms with van der Waals surface area (Å²) in [4.78, 5) is 23.2. The van der Waals surface area contributed by atoms with Crippen molar-refractivity contribution >= 4 is 12.0 Å². The van der Waals surface area contributed by atoms with E-state index in [1.807, 2.05) is 61.2 Å². The lowest BCUT2D eigenvalue weighted by Gasteiger charge is -2.14. The van der Waals surface area contributed by atoms with Crippen LogP contribution in [0.4, 0.5) is 0 Å². The van der Waals surface area contributed by atoms with Crippen molar-refractivity contribution in [1.29, 1.82) is 0 Å². The van der Waals surface area contributed by atoms with E-state index in [1.54, 1.807) is 12.4 Å². The van der Waals surface area contributed by atoms with E-state index in [0.29, 0.717) is 5.92 Å². The summed E-state index contributed by atoms with van der Waals surface area (Å²) >= 11 is 0. The van der Waals surface area contributed by atoms with E-state index in [-0.39, 0.29) is 5.91 Å². The van der Waals surface area contributed by atoms with Crippen molar-refractivity contribution in [2.24, 2.45) is 5.92 Å². The lowest BCUT2D eigenvalue weighted by Crippen LogP contribution is -2.27. The summed E-state index contributed by atoms with van der Waals surface area (Å²) in [6, 6.07) is 11.9. The highest BCUT2D eigenvalue weighted by atomic mass is 16.5. The molecule has 1 fully saturated rings. The molecule has 6 nitrogen and oxygen atoms in total. The summed E-state index contributed by atoms with van der Waals surface area (Å²) in [6.07, 6.45) is 6.94. The number of hydrogen-bond donors (Lipinski definition) is 0. The number of benzene rings is 1. The van der Waals surface area contributed by atoms with E-state index in [0.717, 1.165) is 59.9 Å². The Morgan fingerprint density at radius 2 is 2.07 bits per heavy atom. The molecule has 1 saturated heterocycles. The summed E-state index contributed by atoms with van der Waals surface area (Å²) in [5.74, 6) is 1.22. The number of carbonyl (C=O) groups is 1. The van der Waals surface area contributed by atoms with Crippen LogP contribution >= 0.6 is 0 Å². The second-order valence-corrected chi connectivity index (χ2v) is 7.48. The van der Waals surface area contributed by atoms with Crippen LogP contribution in [0.5, 0.6) is 0 Å². The Hall–Kier alpha value is -3.28. The van der Waals surface area contributed by atoms with E-state index in [9.17, 15) is 4.79 Å². The van der Waals surface area contributed by atoms with Crippen LogP contribution in [0.2, 0.25) is 0 Å². The first kappa shape index (κ1) is 19.1. The van der Waals surface area contributed by atoms with Crippen molar-refractivity contribution < 1.29 is 9.32 Å². The molecule has 0 aliphatic carbocycles. The number of amides is 1. The summed E-state index contributed by atoms with van der Waals surface area (Å²) in [5.41, 5.74) is 4.61. The molecule has 1 aromatic carbocycles. The van der Waals surface area contributed by atoms with Crippen molar-refractivity contribution in [2.45, 2.75) is 26.7 Å². The number of rotatable bonds is 5. The molecule has 0 N–H and O–H groups in total. The number of aromatic nitrogens is 3. The van der Waals surface area contributed by atoms with Gasteiger partial charge in [0.1, 0.15) is 12.1 Å². The molecule has 3 aromatic rings. The molecule has 148 valence electrons. The Balaban J connectivity index is 1.39. The maximum Gasteiger partial charge on any atom is 0.246 e. The lowest BCUT2D eigenvalue weighted by molar-refractivity contribution is -0.125. The van der Waals surface area contributed by atoms with Gasteiger partial charge < -0.3 is 9.42 Å². The largest absolute Gasteiger partial charge is 0.361 e. The lowest BCUT2D eigenvalue weighted by atomic mass is 10.0. The predicted octanol–water partition coefficient (Wildman–Crippen LogP) is 3.85. The number of aryl methyl sites for hydroxylation is 2. The molecule has 1 unspecified atom stereocenters. The minimum Gasteiger partial charge on any atom is -0.361 e. The molecule has 29 heavy (non-hydrogen) atoms. The normalized spacial score (nSPS) is 16.6. The van der Waals surface area contributed by atoms with Crippen molar-refractivity contribution in [3.8, 4) is 11.3 Å². The van der Waals surface area contributed by atoms with Crippen molar-refractivity contribution in [3.05, 3.63) is 71.5 Å². The monoisotopic (exact) mass is 388 g/mol.